The Morgan fingerprint density at radius 3 is 2.70 bits per heavy atom. The van der Waals surface area contributed by atoms with Gasteiger partial charge in [-0.15, -0.1) is 0 Å². The molecule has 1 aromatic carbocycles. The quantitative estimate of drug-likeness (QED) is 0.840. The predicted octanol–water partition coefficient (Wildman–Crippen LogP) is 4.10. The fourth-order valence-corrected chi connectivity index (χ4v) is 3.04. The minimum absolute atomic E-state index is 0. The van der Waals surface area contributed by atoms with E-state index in [2.05, 4.69) is 10.3 Å². The normalized spacial score (nSPS) is 19.2. The van der Waals surface area contributed by atoms with Crippen LogP contribution in [0, 0.1) is 12.2 Å². The number of aromatic amines is 1. The van der Waals surface area contributed by atoms with Gasteiger partial charge in [0.25, 0.3) is 5.56 Å². The van der Waals surface area contributed by atoms with Gasteiger partial charge in [0, 0.05) is 13.8 Å². The monoisotopic (exact) mass is 379 g/mol. The molecule has 1 amide bonds. The molecule has 3 atom stereocenters. The van der Waals surface area contributed by atoms with Gasteiger partial charge >= 0.3 is 0 Å². The van der Waals surface area contributed by atoms with E-state index in [-0.39, 0.29) is 19.4 Å². The molecule has 1 unspecified atom stereocenters. The van der Waals surface area contributed by atoms with Crippen LogP contribution in [0.3, 0.4) is 0 Å². The first-order valence-corrected chi connectivity index (χ1v) is 8.46. The third-order valence-corrected chi connectivity index (χ3v) is 4.64. The highest BCUT2D eigenvalue weighted by Gasteiger charge is 2.27. The van der Waals surface area contributed by atoms with Crippen LogP contribution in [0.1, 0.15) is 28.2 Å². The zero-order valence-corrected chi connectivity index (χ0v) is 14.7. The third kappa shape index (κ3) is 3.82. The highest BCUT2D eigenvalue weighted by Crippen LogP contribution is 2.25. The standard InChI is InChI=1S/C20H18F3N2O2.2H2/c1-10(14-9-15-16(22)4-3-5-18(15)25-20(14)27)19(26)24-11(2)13-7-6-12(21)8-17(13)23;;/h3-11,17H,1-2H3,(H,24,26)(H,25,27);2*1H/t10-,11-,17?;;/m0../s1. The van der Waals surface area contributed by atoms with Crippen LogP contribution in [-0.2, 0) is 4.79 Å². The summed E-state index contributed by atoms with van der Waals surface area (Å²) in [6, 6.07) is 4.95. The van der Waals surface area contributed by atoms with Gasteiger partial charge in [-0.2, -0.15) is 0 Å². The number of pyridine rings is 1. The minimum atomic E-state index is -1.64. The highest BCUT2D eigenvalue weighted by molar-refractivity contribution is 5.86. The summed E-state index contributed by atoms with van der Waals surface area (Å²) in [5.41, 5.74) is 0.142. The average Bonchev–Trinajstić information content (AvgIpc) is 2.60. The van der Waals surface area contributed by atoms with Gasteiger partial charge in [0.15, 0.2) is 0 Å². The van der Waals surface area contributed by atoms with Crippen molar-refractivity contribution in [2.75, 3.05) is 0 Å². The van der Waals surface area contributed by atoms with Crippen molar-refractivity contribution in [3.05, 3.63) is 76.0 Å². The van der Waals surface area contributed by atoms with Gasteiger partial charge in [0.2, 0.25) is 5.91 Å². The van der Waals surface area contributed by atoms with E-state index in [0.717, 1.165) is 12.5 Å². The largest absolute Gasteiger partial charge is 0.349 e. The minimum Gasteiger partial charge on any atom is -0.349 e. The highest BCUT2D eigenvalue weighted by atomic mass is 19.1. The maximum Gasteiger partial charge on any atom is 0.252 e. The third-order valence-electron chi connectivity index (χ3n) is 4.64. The maximum absolute atomic E-state index is 14.0. The van der Waals surface area contributed by atoms with Crippen molar-refractivity contribution >= 4 is 16.8 Å². The number of rotatable bonds is 4. The number of H-pyrrole nitrogens is 1. The molecule has 3 rings (SSSR count). The fraction of sp³-hybridized carbons (Fsp3) is 0.250. The van der Waals surface area contributed by atoms with Crippen LogP contribution in [0.25, 0.3) is 10.9 Å². The van der Waals surface area contributed by atoms with E-state index in [0.29, 0.717) is 5.52 Å². The molecule has 2 N–H and O–H groups in total. The van der Waals surface area contributed by atoms with Crippen molar-refractivity contribution in [3.63, 3.8) is 0 Å². The zero-order chi connectivity index (χ0) is 19.7. The van der Waals surface area contributed by atoms with E-state index >= 15 is 0 Å². The first kappa shape index (κ1) is 18.9. The number of carbonyl (C=O) groups is 1. The van der Waals surface area contributed by atoms with E-state index in [1.807, 2.05) is 0 Å². The second-order valence-corrected chi connectivity index (χ2v) is 6.49. The Balaban J connectivity index is 0.00000210. The molecule has 1 radical (unpaired) electrons. The molecule has 1 aliphatic carbocycles. The number of halogens is 3. The van der Waals surface area contributed by atoms with Crippen molar-refractivity contribution in [3.8, 4) is 0 Å². The van der Waals surface area contributed by atoms with Crippen LogP contribution in [0.2, 0.25) is 0 Å². The summed E-state index contributed by atoms with van der Waals surface area (Å²) < 4.78 is 41.0. The smallest absolute Gasteiger partial charge is 0.252 e. The van der Waals surface area contributed by atoms with Gasteiger partial charge < -0.3 is 10.3 Å². The number of aromatic nitrogens is 1. The molecule has 0 fully saturated rings. The molecule has 27 heavy (non-hydrogen) atoms. The van der Waals surface area contributed by atoms with Crippen LogP contribution >= 0.6 is 0 Å². The SMILES string of the molecule is C[C@H](NC(=O)[C@@H](C)c1cc2c(F)cccc2[nH]c1=O)C1=CC=C(F)[CH]C1F.[HH].[HH]. The fourth-order valence-electron chi connectivity index (χ4n) is 3.04. The van der Waals surface area contributed by atoms with Crippen LogP contribution < -0.4 is 10.9 Å². The number of carbonyl (C=O) groups excluding carboxylic acids is 1. The number of allylic oxidation sites excluding steroid dienone is 3. The van der Waals surface area contributed by atoms with E-state index in [4.69, 9.17) is 0 Å². The Bertz CT molecular complexity index is 1020. The molecule has 0 spiro atoms. The first-order chi connectivity index (χ1) is 12.8. The summed E-state index contributed by atoms with van der Waals surface area (Å²) in [5.74, 6) is -2.60. The molecule has 4 nitrogen and oxygen atoms in total. The predicted molar refractivity (Wildman–Crippen MR) is 101 cm³/mol. The van der Waals surface area contributed by atoms with Crippen molar-refractivity contribution in [2.45, 2.75) is 32.0 Å². The van der Waals surface area contributed by atoms with Gasteiger partial charge in [0.1, 0.15) is 17.8 Å². The molecule has 1 heterocycles. The molecular weight excluding hydrogens is 357 g/mol. The van der Waals surface area contributed by atoms with Crippen molar-refractivity contribution < 1.29 is 20.8 Å². The second kappa shape index (κ2) is 7.42. The Kier molecular flexibility index (Phi) is 5.21. The molecule has 1 aromatic heterocycles. The summed E-state index contributed by atoms with van der Waals surface area (Å²) in [6.45, 7) is 3.07. The molecule has 0 saturated heterocycles. The van der Waals surface area contributed by atoms with Gasteiger partial charge in [-0.25, -0.2) is 13.2 Å². The Labute approximate surface area is 156 Å². The van der Waals surface area contributed by atoms with E-state index < -0.39 is 41.2 Å². The molecule has 7 heteroatoms. The maximum atomic E-state index is 14.0. The molecule has 0 aliphatic heterocycles. The summed E-state index contributed by atoms with van der Waals surface area (Å²) in [5, 5.41) is 2.82. The Morgan fingerprint density at radius 1 is 1.26 bits per heavy atom. The number of amides is 1. The van der Waals surface area contributed by atoms with E-state index in [1.165, 1.54) is 31.2 Å². The van der Waals surface area contributed by atoms with Crippen LogP contribution in [0.4, 0.5) is 13.2 Å². The van der Waals surface area contributed by atoms with E-state index in [9.17, 15) is 22.8 Å². The van der Waals surface area contributed by atoms with Crippen molar-refractivity contribution in [2.24, 2.45) is 0 Å². The van der Waals surface area contributed by atoms with Gasteiger partial charge in [0.05, 0.1) is 23.9 Å². The van der Waals surface area contributed by atoms with Crippen LogP contribution in [-0.4, -0.2) is 23.1 Å². The summed E-state index contributed by atoms with van der Waals surface area (Å²) in [6.07, 6.45) is 1.58. The lowest BCUT2D eigenvalue weighted by molar-refractivity contribution is -0.122. The van der Waals surface area contributed by atoms with Crippen LogP contribution in [0.5, 0.6) is 0 Å². The number of alkyl halides is 1. The number of fused-ring (bicyclic) bond motifs is 1. The first-order valence-electron chi connectivity index (χ1n) is 8.46. The van der Waals surface area contributed by atoms with E-state index in [1.54, 1.807) is 13.0 Å². The molecule has 0 bridgehead atoms. The number of benzene rings is 1. The van der Waals surface area contributed by atoms with Crippen LogP contribution in [0.15, 0.2) is 52.6 Å². The summed E-state index contributed by atoms with van der Waals surface area (Å²) in [4.78, 5) is 27.4. The summed E-state index contributed by atoms with van der Waals surface area (Å²) >= 11 is 0. The average molecular weight is 379 g/mol. The number of hydrogen-bond acceptors (Lipinski definition) is 2. The Morgan fingerprint density at radius 2 is 2.00 bits per heavy atom. The van der Waals surface area contributed by atoms with Gasteiger partial charge in [-0.05, 0) is 43.7 Å². The Hall–Kier alpha value is -2.83. The topological polar surface area (TPSA) is 62.0 Å². The lowest BCUT2D eigenvalue weighted by Crippen LogP contribution is -2.40. The van der Waals surface area contributed by atoms with Gasteiger partial charge in [-0.3, -0.25) is 9.59 Å². The van der Waals surface area contributed by atoms with Crippen molar-refractivity contribution in [1.82, 2.24) is 10.3 Å². The molecule has 0 saturated carbocycles. The van der Waals surface area contributed by atoms with Gasteiger partial charge in [-0.1, -0.05) is 12.1 Å². The van der Waals surface area contributed by atoms with Crippen molar-refractivity contribution in [1.29, 1.82) is 0 Å². The lowest BCUT2D eigenvalue weighted by atomic mass is 9.95. The number of nitrogens with one attached hydrogen (secondary N) is 2. The summed E-state index contributed by atoms with van der Waals surface area (Å²) in [7, 11) is 0. The molecular formula is C20H22F3N2O2. The number of hydrogen-bond donors (Lipinski definition) is 2. The lowest BCUT2D eigenvalue weighted by Gasteiger charge is -2.24. The molecule has 2 aromatic rings. The zero-order valence-electron chi connectivity index (χ0n) is 14.7. The molecule has 145 valence electrons. The molecule has 1 aliphatic rings. The second-order valence-electron chi connectivity index (χ2n) is 6.49.